The Morgan fingerprint density at radius 1 is 1.21 bits per heavy atom. The van der Waals surface area contributed by atoms with Gasteiger partial charge in [0.05, 0.1) is 0 Å². The van der Waals surface area contributed by atoms with Crippen molar-refractivity contribution in [1.29, 1.82) is 0 Å². The summed E-state index contributed by atoms with van der Waals surface area (Å²) in [5.41, 5.74) is 0. The number of likely N-dealkylation sites (tertiary alicyclic amines) is 1. The van der Waals surface area contributed by atoms with Crippen LogP contribution in [0.4, 0.5) is 11.6 Å². The number of piperidine rings is 1. The first kappa shape index (κ1) is 14.1. The lowest BCUT2D eigenvalue weighted by Gasteiger charge is -2.29. The minimum absolute atomic E-state index is 0.405. The third kappa shape index (κ3) is 4.67. The van der Waals surface area contributed by atoms with E-state index in [9.17, 15) is 0 Å². The molecule has 19 heavy (non-hydrogen) atoms. The van der Waals surface area contributed by atoms with E-state index in [0.29, 0.717) is 6.04 Å². The van der Waals surface area contributed by atoms with Gasteiger partial charge in [0.15, 0.2) is 0 Å². The molecule has 2 N–H and O–H groups in total. The van der Waals surface area contributed by atoms with Gasteiger partial charge in [-0.15, -0.1) is 0 Å². The molecule has 0 radical (unpaired) electrons. The summed E-state index contributed by atoms with van der Waals surface area (Å²) >= 11 is 0. The summed E-state index contributed by atoms with van der Waals surface area (Å²) in [7, 11) is 0. The highest BCUT2D eigenvalue weighted by molar-refractivity contribution is 5.46. The molecule has 1 aliphatic rings. The molecule has 0 amide bonds. The van der Waals surface area contributed by atoms with Crippen molar-refractivity contribution in [3.63, 3.8) is 0 Å². The van der Waals surface area contributed by atoms with Gasteiger partial charge in [-0.05, 0) is 39.8 Å². The highest BCUT2D eigenvalue weighted by Gasteiger charge is 2.13. The minimum atomic E-state index is 0.405. The molecule has 0 saturated carbocycles. The smallest absolute Gasteiger partial charge is 0.131 e. The molecule has 2 rings (SSSR count). The summed E-state index contributed by atoms with van der Waals surface area (Å²) in [6, 6.07) is 2.37. The first-order valence-electron chi connectivity index (χ1n) is 7.32. The number of nitrogens with one attached hydrogen (secondary N) is 2. The Morgan fingerprint density at radius 2 is 1.95 bits per heavy atom. The number of hydrogen-bond acceptors (Lipinski definition) is 5. The quantitative estimate of drug-likeness (QED) is 0.824. The Kier molecular flexibility index (Phi) is 5.39. The fraction of sp³-hybridized carbons (Fsp3) is 0.714. The molecular formula is C14H25N5. The molecule has 1 saturated heterocycles. The fourth-order valence-electron chi connectivity index (χ4n) is 2.54. The Hall–Kier alpha value is -1.36. The standard InChI is InChI=1S/C14H25N5/c1-3-15-13-9-14(17-11-16-13)18-12(2)10-19-7-5-4-6-8-19/h9,11-12H,3-8,10H2,1-2H3,(H2,15,16,17,18). The number of anilines is 2. The van der Waals surface area contributed by atoms with Gasteiger partial charge < -0.3 is 15.5 Å². The summed E-state index contributed by atoms with van der Waals surface area (Å²) in [4.78, 5) is 11.0. The van der Waals surface area contributed by atoms with Crippen LogP contribution in [0, 0.1) is 0 Å². The summed E-state index contributed by atoms with van der Waals surface area (Å²) < 4.78 is 0. The van der Waals surface area contributed by atoms with Crippen molar-refractivity contribution < 1.29 is 0 Å². The molecule has 1 atom stereocenters. The zero-order chi connectivity index (χ0) is 13.5. The van der Waals surface area contributed by atoms with Gasteiger partial charge in [-0.25, -0.2) is 9.97 Å². The van der Waals surface area contributed by atoms with Gasteiger partial charge in [0.25, 0.3) is 0 Å². The molecule has 1 aromatic rings. The molecule has 0 aliphatic carbocycles. The van der Waals surface area contributed by atoms with E-state index in [-0.39, 0.29) is 0 Å². The fourth-order valence-corrected chi connectivity index (χ4v) is 2.54. The molecule has 0 bridgehead atoms. The maximum atomic E-state index is 4.27. The number of aromatic nitrogens is 2. The lowest BCUT2D eigenvalue weighted by Crippen LogP contribution is -2.38. The highest BCUT2D eigenvalue weighted by Crippen LogP contribution is 2.12. The van der Waals surface area contributed by atoms with Gasteiger partial charge in [0, 0.05) is 25.2 Å². The van der Waals surface area contributed by atoms with Crippen LogP contribution in [0.15, 0.2) is 12.4 Å². The van der Waals surface area contributed by atoms with E-state index in [0.717, 1.165) is 24.7 Å². The van der Waals surface area contributed by atoms with Crippen LogP contribution in [-0.2, 0) is 0 Å². The first-order valence-corrected chi connectivity index (χ1v) is 7.32. The van der Waals surface area contributed by atoms with Crippen LogP contribution in [0.2, 0.25) is 0 Å². The molecule has 106 valence electrons. The van der Waals surface area contributed by atoms with Crippen LogP contribution < -0.4 is 10.6 Å². The second-order valence-electron chi connectivity index (χ2n) is 5.23. The largest absolute Gasteiger partial charge is 0.370 e. The van der Waals surface area contributed by atoms with E-state index < -0.39 is 0 Å². The molecule has 1 aromatic heterocycles. The molecule has 1 fully saturated rings. The average molecular weight is 263 g/mol. The van der Waals surface area contributed by atoms with Crippen molar-refractivity contribution >= 4 is 11.6 Å². The highest BCUT2D eigenvalue weighted by atomic mass is 15.2. The normalized spacial score (nSPS) is 18.0. The van der Waals surface area contributed by atoms with Crippen molar-refractivity contribution in [3.8, 4) is 0 Å². The number of hydrogen-bond donors (Lipinski definition) is 2. The van der Waals surface area contributed by atoms with Crippen molar-refractivity contribution in [3.05, 3.63) is 12.4 Å². The monoisotopic (exact) mass is 263 g/mol. The number of nitrogens with zero attached hydrogens (tertiary/aromatic N) is 3. The van der Waals surface area contributed by atoms with Crippen LogP contribution in [0.25, 0.3) is 0 Å². The van der Waals surface area contributed by atoms with E-state index in [2.05, 4.69) is 39.3 Å². The van der Waals surface area contributed by atoms with Crippen LogP contribution in [0.5, 0.6) is 0 Å². The third-order valence-electron chi connectivity index (χ3n) is 3.40. The predicted octanol–water partition coefficient (Wildman–Crippen LogP) is 2.19. The lowest BCUT2D eigenvalue weighted by atomic mass is 10.1. The van der Waals surface area contributed by atoms with Gasteiger partial charge in [0.2, 0.25) is 0 Å². The van der Waals surface area contributed by atoms with E-state index in [4.69, 9.17) is 0 Å². The maximum Gasteiger partial charge on any atom is 0.131 e. The Labute approximate surface area is 115 Å². The molecule has 1 aliphatic heterocycles. The minimum Gasteiger partial charge on any atom is -0.370 e. The topological polar surface area (TPSA) is 53.1 Å². The van der Waals surface area contributed by atoms with Gasteiger partial charge in [-0.2, -0.15) is 0 Å². The summed E-state index contributed by atoms with van der Waals surface area (Å²) in [5.74, 6) is 1.78. The van der Waals surface area contributed by atoms with Crippen molar-refractivity contribution in [1.82, 2.24) is 14.9 Å². The molecule has 0 spiro atoms. The Balaban J connectivity index is 1.83. The van der Waals surface area contributed by atoms with Gasteiger partial charge >= 0.3 is 0 Å². The molecular weight excluding hydrogens is 238 g/mol. The molecule has 5 heteroatoms. The van der Waals surface area contributed by atoms with Gasteiger partial charge in [-0.1, -0.05) is 6.42 Å². The lowest BCUT2D eigenvalue weighted by molar-refractivity contribution is 0.223. The molecule has 5 nitrogen and oxygen atoms in total. The zero-order valence-electron chi connectivity index (χ0n) is 12.0. The first-order chi connectivity index (χ1) is 9.28. The molecule has 1 unspecified atom stereocenters. The van der Waals surface area contributed by atoms with E-state index in [1.807, 2.05) is 6.07 Å². The Morgan fingerprint density at radius 3 is 2.68 bits per heavy atom. The SMILES string of the molecule is CCNc1cc(NC(C)CN2CCCCC2)ncn1. The second-order valence-corrected chi connectivity index (χ2v) is 5.23. The van der Waals surface area contributed by atoms with Crippen LogP contribution in [0.3, 0.4) is 0 Å². The van der Waals surface area contributed by atoms with Crippen molar-refractivity contribution in [2.75, 3.05) is 36.8 Å². The van der Waals surface area contributed by atoms with Crippen LogP contribution in [0.1, 0.15) is 33.1 Å². The van der Waals surface area contributed by atoms with E-state index >= 15 is 0 Å². The Bertz CT molecular complexity index is 376. The second kappa shape index (κ2) is 7.28. The third-order valence-corrected chi connectivity index (χ3v) is 3.40. The van der Waals surface area contributed by atoms with Crippen molar-refractivity contribution in [2.24, 2.45) is 0 Å². The van der Waals surface area contributed by atoms with Crippen LogP contribution >= 0.6 is 0 Å². The van der Waals surface area contributed by atoms with Gasteiger partial charge in [0.1, 0.15) is 18.0 Å². The van der Waals surface area contributed by atoms with E-state index in [1.165, 1.54) is 32.4 Å². The molecule has 2 heterocycles. The van der Waals surface area contributed by atoms with Gasteiger partial charge in [-0.3, -0.25) is 0 Å². The van der Waals surface area contributed by atoms with Crippen molar-refractivity contribution in [2.45, 2.75) is 39.2 Å². The summed E-state index contributed by atoms with van der Waals surface area (Å²) in [5, 5.41) is 6.66. The summed E-state index contributed by atoms with van der Waals surface area (Å²) in [6.07, 6.45) is 5.67. The zero-order valence-corrected chi connectivity index (χ0v) is 12.0. The molecule has 0 aromatic carbocycles. The maximum absolute atomic E-state index is 4.27. The average Bonchev–Trinajstić information content (AvgIpc) is 2.40. The van der Waals surface area contributed by atoms with E-state index in [1.54, 1.807) is 6.33 Å². The summed E-state index contributed by atoms with van der Waals surface area (Å²) in [6.45, 7) is 8.70. The number of rotatable bonds is 6. The van der Waals surface area contributed by atoms with Crippen LogP contribution in [-0.4, -0.2) is 47.1 Å². The predicted molar refractivity (Wildman–Crippen MR) is 79.6 cm³/mol.